The predicted molar refractivity (Wildman–Crippen MR) is 67.1 cm³/mol. The minimum absolute atomic E-state index is 0.133. The first-order chi connectivity index (χ1) is 7.39. The summed E-state index contributed by atoms with van der Waals surface area (Å²) in [6, 6.07) is 7.91. The van der Waals surface area contributed by atoms with Crippen LogP contribution < -0.4 is 0 Å². The SMILES string of the molecule is CC(C)(C)c1ccc(C#C/C=C(\F)Cl)cc1. The second kappa shape index (κ2) is 5.18. The van der Waals surface area contributed by atoms with Crippen LogP contribution in [0.25, 0.3) is 0 Å². The summed E-state index contributed by atoms with van der Waals surface area (Å²) in [6.07, 6.45) is 1.04. The molecule has 0 spiro atoms. The fourth-order valence-electron chi connectivity index (χ4n) is 1.23. The highest BCUT2D eigenvalue weighted by Crippen LogP contribution is 2.21. The molecule has 0 heterocycles. The van der Waals surface area contributed by atoms with Crippen LogP contribution >= 0.6 is 11.6 Å². The van der Waals surface area contributed by atoms with E-state index in [-0.39, 0.29) is 5.41 Å². The molecule has 0 bridgehead atoms. The van der Waals surface area contributed by atoms with Crippen molar-refractivity contribution in [2.45, 2.75) is 26.2 Å². The highest BCUT2D eigenvalue weighted by Gasteiger charge is 2.12. The molecule has 0 nitrogen and oxygen atoms in total. The third-order valence-corrected chi connectivity index (χ3v) is 2.26. The summed E-state index contributed by atoms with van der Waals surface area (Å²) in [5, 5.41) is -0.793. The van der Waals surface area contributed by atoms with E-state index < -0.39 is 5.29 Å². The number of hydrogen-bond acceptors (Lipinski definition) is 0. The van der Waals surface area contributed by atoms with E-state index in [1.807, 2.05) is 24.3 Å². The zero-order valence-corrected chi connectivity index (χ0v) is 10.4. The summed E-state index contributed by atoms with van der Waals surface area (Å²) in [6.45, 7) is 6.46. The Labute approximate surface area is 101 Å². The molecule has 0 aliphatic carbocycles. The van der Waals surface area contributed by atoms with Gasteiger partial charge in [0.2, 0.25) is 0 Å². The lowest BCUT2D eigenvalue weighted by atomic mass is 9.87. The van der Waals surface area contributed by atoms with E-state index in [2.05, 4.69) is 32.6 Å². The minimum Gasteiger partial charge on any atom is -0.193 e. The normalized spacial score (nSPS) is 11.9. The van der Waals surface area contributed by atoms with Crippen LogP contribution in [-0.4, -0.2) is 0 Å². The highest BCUT2D eigenvalue weighted by atomic mass is 35.5. The molecule has 0 atom stereocenters. The Bertz CT molecular complexity index is 434. The van der Waals surface area contributed by atoms with Gasteiger partial charge in [0.05, 0.1) is 0 Å². The molecule has 0 N–H and O–H groups in total. The summed E-state index contributed by atoms with van der Waals surface area (Å²) in [4.78, 5) is 0. The van der Waals surface area contributed by atoms with E-state index in [0.29, 0.717) is 0 Å². The molecule has 16 heavy (non-hydrogen) atoms. The second-order valence-electron chi connectivity index (χ2n) is 4.53. The summed E-state index contributed by atoms with van der Waals surface area (Å²) in [5.74, 6) is 5.34. The summed E-state index contributed by atoms with van der Waals surface area (Å²) in [7, 11) is 0. The number of halogens is 2. The molecular formula is C14H14ClF. The molecule has 1 aromatic carbocycles. The van der Waals surface area contributed by atoms with E-state index in [1.54, 1.807) is 0 Å². The van der Waals surface area contributed by atoms with Gasteiger partial charge in [0.25, 0.3) is 0 Å². The molecule has 0 aliphatic rings. The number of benzene rings is 1. The van der Waals surface area contributed by atoms with Crippen molar-refractivity contribution in [3.8, 4) is 11.8 Å². The maximum atomic E-state index is 12.1. The third-order valence-electron chi connectivity index (χ3n) is 2.15. The lowest BCUT2D eigenvalue weighted by Crippen LogP contribution is -2.10. The van der Waals surface area contributed by atoms with Gasteiger partial charge in [0.15, 0.2) is 5.29 Å². The van der Waals surface area contributed by atoms with Crippen LogP contribution in [0.1, 0.15) is 31.9 Å². The molecule has 0 aliphatic heterocycles. The molecule has 0 aromatic heterocycles. The Morgan fingerprint density at radius 1 is 1.25 bits per heavy atom. The van der Waals surface area contributed by atoms with Crippen LogP contribution in [0.5, 0.6) is 0 Å². The maximum Gasteiger partial charge on any atom is 0.197 e. The largest absolute Gasteiger partial charge is 0.197 e. The van der Waals surface area contributed by atoms with Gasteiger partial charge >= 0.3 is 0 Å². The first kappa shape index (κ1) is 12.8. The predicted octanol–water partition coefficient (Wildman–Crippen LogP) is 4.39. The fraction of sp³-hybridized carbons (Fsp3) is 0.286. The highest BCUT2D eigenvalue weighted by molar-refractivity contribution is 6.28. The Balaban J connectivity index is 2.87. The van der Waals surface area contributed by atoms with Crippen LogP contribution in [0.3, 0.4) is 0 Å². The van der Waals surface area contributed by atoms with Gasteiger partial charge in [-0.15, -0.1) is 0 Å². The molecule has 0 radical (unpaired) electrons. The van der Waals surface area contributed by atoms with E-state index in [4.69, 9.17) is 11.6 Å². The average molecular weight is 237 g/mol. The molecule has 0 amide bonds. The zero-order chi connectivity index (χ0) is 12.2. The summed E-state index contributed by atoms with van der Waals surface area (Å²) in [5.41, 5.74) is 2.23. The van der Waals surface area contributed by atoms with Crippen LogP contribution in [0.15, 0.2) is 35.6 Å². The Morgan fingerprint density at radius 2 is 1.81 bits per heavy atom. The van der Waals surface area contributed by atoms with Gasteiger partial charge in [0.1, 0.15) is 0 Å². The topological polar surface area (TPSA) is 0 Å². The molecule has 0 saturated carbocycles. The maximum absolute atomic E-state index is 12.1. The van der Waals surface area contributed by atoms with Gasteiger partial charge in [-0.2, -0.15) is 4.39 Å². The van der Waals surface area contributed by atoms with E-state index >= 15 is 0 Å². The summed E-state index contributed by atoms with van der Waals surface area (Å²) >= 11 is 5.02. The first-order valence-corrected chi connectivity index (χ1v) is 5.40. The number of allylic oxidation sites excluding steroid dienone is 1. The van der Waals surface area contributed by atoms with Gasteiger partial charge in [0, 0.05) is 11.6 Å². The fourth-order valence-corrected chi connectivity index (χ4v) is 1.28. The molecule has 1 rings (SSSR count). The second-order valence-corrected chi connectivity index (χ2v) is 4.89. The number of rotatable bonds is 0. The Kier molecular flexibility index (Phi) is 4.15. The Hall–Kier alpha value is -1.26. The average Bonchev–Trinajstić information content (AvgIpc) is 2.16. The monoisotopic (exact) mass is 236 g/mol. The molecule has 0 saturated heterocycles. The molecular weight excluding hydrogens is 223 g/mol. The molecule has 2 heteroatoms. The smallest absolute Gasteiger partial charge is 0.193 e. The van der Waals surface area contributed by atoms with Crippen LogP contribution in [-0.2, 0) is 5.41 Å². The minimum atomic E-state index is -0.793. The van der Waals surface area contributed by atoms with Gasteiger partial charge in [-0.05, 0) is 23.1 Å². The summed E-state index contributed by atoms with van der Waals surface area (Å²) < 4.78 is 12.1. The van der Waals surface area contributed by atoms with E-state index in [9.17, 15) is 4.39 Å². The van der Waals surface area contributed by atoms with Crippen molar-refractivity contribution in [2.24, 2.45) is 0 Å². The van der Waals surface area contributed by atoms with Crippen LogP contribution in [0, 0.1) is 11.8 Å². The van der Waals surface area contributed by atoms with Gasteiger partial charge in [-0.3, -0.25) is 0 Å². The first-order valence-electron chi connectivity index (χ1n) is 5.03. The molecule has 1 aromatic rings. The standard InChI is InChI=1S/C14H14ClF/c1-14(2,3)12-9-7-11(8-10-12)5-4-6-13(15)16/h6-10H,1-3H3/b13-6-. The van der Waals surface area contributed by atoms with Crippen molar-refractivity contribution >= 4 is 11.6 Å². The molecule has 0 unspecified atom stereocenters. The third kappa shape index (κ3) is 4.08. The zero-order valence-electron chi connectivity index (χ0n) is 9.64. The van der Waals surface area contributed by atoms with Crippen molar-refractivity contribution in [1.82, 2.24) is 0 Å². The Morgan fingerprint density at radius 3 is 2.25 bits per heavy atom. The van der Waals surface area contributed by atoms with Crippen LogP contribution in [0.2, 0.25) is 0 Å². The van der Waals surface area contributed by atoms with Crippen LogP contribution in [0.4, 0.5) is 4.39 Å². The lowest BCUT2D eigenvalue weighted by molar-refractivity contribution is 0.590. The van der Waals surface area contributed by atoms with Gasteiger partial charge < -0.3 is 0 Å². The number of hydrogen-bond donors (Lipinski definition) is 0. The van der Waals surface area contributed by atoms with Crippen molar-refractivity contribution in [3.05, 3.63) is 46.8 Å². The van der Waals surface area contributed by atoms with Gasteiger partial charge in [-0.1, -0.05) is 56.3 Å². The van der Waals surface area contributed by atoms with E-state index in [0.717, 1.165) is 11.6 Å². The van der Waals surface area contributed by atoms with Crippen molar-refractivity contribution in [2.75, 3.05) is 0 Å². The van der Waals surface area contributed by atoms with Crippen molar-refractivity contribution < 1.29 is 4.39 Å². The van der Waals surface area contributed by atoms with E-state index in [1.165, 1.54) is 5.56 Å². The molecule has 84 valence electrons. The van der Waals surface area contributed by atoms with Gasteiger partial charge in [-0.25, -0.2) is 0 Å². The quantitative estimate of drug-likeness (QED) is 0.587. The van der Waals surface area contributed by atoms with Crippen molar-refractivity contribution in [3.63, 3.8) is 0 Å². The molecule has 0 fully saturated rings. The lowest BCUT2D eigenvalue weighted by Gasteiger charge is -2.18. The van der Waals surface area contributed by atoms with Crippen molar-refractivity contribution in [1.29, 1.82) is 0 Å².